The van der Waals surface area contributed by atoms with Gasteiger partial charge in [0.25, 0.3) is 0 Å². The van der Waals surface area contributed by atoms with E-state index >= 15 is 0 Å². The molecule has 0 fully saturated rings. The van der Waals surface area contributed by atoms with E-state index in [1.54, 1.807) is 0 Å². The summed E-state index contributed by atoms with van der Waals surface area (Å²) in [4.78, 5) is 2.28. The van der Waals surface area contributed by atoms with Gasteiger partial charge in [-0.3, -0.25) is 4.68 Å². The smallest absolute Gasteiger partial charge is 0.0640 e. The van der Waals surface area contributed by atoms with Crippen molar-refractivity contribution in [2.75, 3.05) is 20.6 Å². The lowest BCUT2D eigenvalue weighted by atomic mass is 9.89. The van der Waals surface area contributed by atoms with E-state index < -0.39 is 0 Å². The number of aromatic nitrogens is 2. The largest absolute Gasteiger partial charge is 0.312 e. The highest BCUT2D eigenvalue weighted by molar-refractivity contribution is 5.05. The standard InChI is InChI=1S/C14H28N4/c1-7-9-15-13(14(2,3)17(4)5)11-12-8-10-18(6)16-12/h8,10,13,15H,7,9,11H2,1-6H3. The van der Waals surface area contributed by atoms with Crippen LogP contribution in [0.1, 0.15) is 32.9 Å². The van der Waals surface area contributed by atoms with E-state index in [9.17, 15) is 0 Å². The fourth-order valence-electron chi connectivity index (χ4n) is 1.98. The van der Waals surface area contributed by atoms with E-state index in [0.717, 1.165) is 25.1 Å². The second-order valence-electron chi connectivity index (χ2n) is 5.74. The SMILES string of the molecule is CCCNC(Cc1ccn(C)n1)C(C)(C)N(C)C. The van der Waals surface area contributed by atoms with E-state index in [0.29, 0.717) is 6.04 Å². The molecule has 0 amide bonds. The van der Waals surface area contributed by atoms with Gasteiger partial charge >= 0.3 is 0 Å². The van der Waals surface area contributed by atoms with Crippen molar-refractivity contribution in [3.63, 3.8) is 0 Å². The lowest BCUT2D eigenvalue weighted by molar-refractivity contribution is 0.136. The Bertz CT molecular complexity index is 354. The van der Waals surface area contributed by atoms with Crippen LogP contribution in [-0.4, -0.2) is 46.9 Å². The van der Waals surface area contributed by atoms with Gasteiger partial charge < -0.3 is 10.2 Å². The predicted octanol–water partition coefficient (Wildman–Crippen LogP) is 1.67. The Morgan fingerprint density at radius 2 is 2.11 bits per heavy atom. The zero-order valence-corrected chi connectivity index (χ0v) is 12.7. The van der Waals surface area contributed by atoms with Crippen LogP contribution in [0.5, 0.6) is 0 Å². The topological polar surface area (TPSA) is 33.1 Å². The molecule has 1 heterocycles. The highest BCUT2D eigenvalue weighted by Crippen LogP contribution is 2.19. The van der Waals surface area contributed by atoms with Crippen molar-refractivity contribution in [1.82, 2.24) is 20.0 Å². The summed E-state index contributed by atoms with van der Waals surface area (Å²) in [5.74, 6) is 0. The van der Waals surface area contributed by atoms with Gasteiger partial charge in [-0.05, 0) is 47.0 Å². The first-order valence-electron chi connectivity index (χ1n) is 6.77. The maximum atomic E-state index is 4.49. The first-order valence-corrected chi connectivity index (χ1v) is 6.77. The minimum atomic E-state index is 0.104. The average Bonchev–Trinajstić information content (AvgIpc) is 2.69. The molecule has 1 atom stereocenters. The van der Waals surface area contributed by atoms with Crippen LogP contribution >= 0.6 is 0 Å². The van der Waals surface area contributed by atoms with Gasteiger partial charge in [-0.2, -0.15) is 5.10 Å². The molecule has 0 spiro atoms. The molecule has 0 radical (unpaired) electrons. The van der Waals surface area contributed by atoms with Crippen LogP contribution in [0.15, 0.2) is 12.3 Å². The summed E-state index contributed by atoms with van der Waals surface area (Å²) in [6, 6.07) is 2.51. The second kappa shape index (κ2) is 6.34. The molecule has 0 aliphatic heterocycles. The van der Waals surface area contributed by atoms with Gasteiger partial charge in [-0.25, -0.2) is 0 Å². The average molecular weight is 252 g/mol. The minimum absolute atomic E-state index is 0.104. The molecule has 0 bridgehead atoms. The minimum Gasteiger partial charge on any atom is -0.312 e. The van der Waals surface area contributed by atoms with Gasteiger partial charge in [0.15, 0.2) is 0 Å². The van der Waals surface area contributed by atoms with Gasteiger partial charge in [0.2, 0.25) is 0 Å². The number of rotatable bonds is 7. The Labute approximate surface area is 111 Å². The third kappa shape index (κ3) is 3.82. The van der Waals surface area contributed by atoms with Crippen molar-refractivity contribution in [2.24, 2.45) is 7.05 Å². The molecule has 1 N–H and O–H groups in total. The van der Waals surface area contributed by atoms with E-state index in [-0.39, 0.29) is 5.54 Å². The monoisotopic (exact) mass is 252 g/mol. The summed E-state index contributed by atoms with van der Waals surface area (Å²) in [6.45, 7) is 7.81. The number of aryl methyl sites for hydroxylation is 1. The van der Waals surface area contributed by atoms with Crippen molar-refractivity contribution < 1.29 is 0 Å². The van der Waals surface area contributed by atoms with Gasteiger partial charge in [0.1, 0.15) is 0 Å². The zero-order chi connectivity index (χ0) is 13.8. The third-order valence-electron chi connectivity index (χ3n) is 3.83. The van der Waals surface area contributed by atoms with E-state index in [4.69, 9.17) is 0 Å². The number of likely N-dealkylation sites (N-methyl/N-ethyl adjacent to an activating group) is 1. The van der Waals surface area contributed by atoms with Crippen molar-refractivity contribution in [1.29, 1.82) is 0 Å². The van der Waals surface area contributed by atoms with Crippen molar-refractivity contribution >= 4 is 0 Å². The lowest BCUT2D eigenvalue weighted by Crippen LogP contribution is -2.56. The highest BCUT2D eigenvalue weighted by Gasteiger charge is 2.31. The molecule has 1 unspecified atom stereocenters. The molecule has 104 valence electrons. The molecule has 0 aliphatic carbocycles. The molecular formula is C14H28N4. The van der Waals surface area contributed by atoms with Crippen LogP contribution in [0.2, 0.25) is 0 Å². The molecular weight excluding hydrogens is 224 g/mol. The zero-order valence-electron chi connectivity index (χ0n) is 12.7. The fraction of sp³-hybridized carbons (Fsp3) is 0.786. The highest BCUT2D eigenvalue weighted by atomic mass is 15.3. The summed E-state index contributed by atoms with van der Waals surface area (Å²) < 4.78 is 1.87. The molecule has 4 nitrogen and oxygen atoms in total. The summed E-state index contributed by atoms with van der Waals surface area (Å²) in [5.41, 5.74) is 1.26. The first kappa shape index (κ1) is 15.2. The number of nitrogens with one attached hydrogen (secondary N) is 1. The van der Waals surface area contributed by atoms with Crippen LogP contribution in [-0.2, 0) is 13.5 Å². The van der Waals surface area contributed by atoms with Crippen LogP contribution in [0.4, 0.5) is 0 Å². The summed E-state index contributed by atoms with van der Waals surface area (Å²) in [5, 5.41) is 8.15. The Hall–Kier alpha value is -0.870. The van der Waals surface area contributed by atoms with Crippen molar-refractivity contribution in [3.05, 3.63) is 18.0 Å². The lowest BCUT2D eigenvalue weighted by Gasteiger charge is -2.40. The van der Waals surface area contributed by atoms with Crippen LogP contribution < -0.4 is 5.32 Å². The van der Waals surface area contributed by atoms with E-state index in [1.165, 1.54) is 0 Å². The normalized spacial score (nSPS) is 14.2. The Morgan fingerprint density at radius 3 is 2.56 bits per heavy atom. The predicted molar refractivity (Wildman–Crippen MR) is 76.8 cm³/mol. The van der Waals surface area contributed by atoms with E-state index in [2.05, 4.69) is 56.2 Å². The summed E-state index contributed by atoms with van der Waals surface area (Å²) >= 11 is 0. The summed E-state index contributed by atoms with van der Waals surface area (Å²) in [7, 11) is 6.24. The molecule has 0 saturated carbocycles. The van der Waals surface area contributed by atoms with E-state index in [1.807, 2.05) is 17.9 Å². The van der Waals surface area contributed by atoms with Crippen LogP contribution in [0.25, 0.3) is 0 Å². The maximum Gasteiger partial charge on any atom is 0.0640 e. The molecule has 1 aromatic rings. The van der Waals surface area contributed by atoms with Gasteiger partial charge in [-0.15, -0.1) is 0 Å². The van der Waals surface area contributed by atoms with Gasteiger partial charge in [0, 0.05) is 31.2 Å². The Kier molecular flexibility index (Phi) is 5.35. The molecule has 0 aliphatic rings. The fourth-order valence-corrected chi connectivity index (χ4v) is 1.98. The Morgan fingerprint density at radius 1 is 1.44 bits per heavy atom. The van der Waals surface area contributed by atoms with Gasteiger partial charge in [0.05, 0.1) is 5.69 Å². The van der Waals surface area contributed by atoms with Crippen LogP contribution in [0.3, 0.4) is 0 Å². The molecule has 4 heteroatoms. The van der Waals surface area contributed by atoms with Gasteiger partial charge in [-0.1, -0.05) is 6.92 Å². The van der Waals surface area contributed by atoms with Crippen molar-refractivity contribution in [2.45, 2.75) is 45.2 Å². The molecule has 1 aromatic heterocycles. The third-order valence-corrected chi connectivity index (χ3v) is 3.83. The number of hydrogen-bond donors (Lipinski definition) is 1. The molecule has 18 heavy (non-hydrogen) atoms. The number of hydrogen-bond acceptors (Lipinski definition) is 3. The molecule has 0 aromatic carbocycles. The van der Waals surface area contributed by atoms with Crippen molar-refractivity contribution in [3.8, 4) is 0 Å². The Balaban J connectivity index is 2.78. The quantitative estimate of drug-likeness (QED) is 0.801. The maximum absolute atomic E-state index is 4.49. The molecule has 0 saturated heterocycles. The number of nitrogens with zero attached hydrogens (tertiary/aromatic N) is 3. The summed E-state index contributed by atoms with van der Waals surface area (Å²) in [6.07, 6.45) is 4.13. The second-order valence-corrected chi connectivity index (χ2v) is 5.74. The first-order chi connectivity index (χ1) is 8.37. The van der Waals surface area contributed by atoms with Crippen LogP contribution in [0, 0.1) is 0 Å². The molecule has 1 rings (SSSR count).